The molecular weight excluding hydrogens is 375 g/mol. The molecular formula is C17H21Cl3O4. The number of carbonyl (C=O) groups excluding carboxylic acids is 1. The molecule has 1 aromatic carbocycles. The lowest BCUT2D eigenvalue weighted by Gasteiger charge is -2.43. The maximum Gasteiger partial charge on any atom is 0.360 e. The van der Waals surface area contributed by atoms with Gasteiger partial charge in [-0.15, -0.1) is 0 Å². The summed E-state index contributed by atoms with van der Waals surface area (Å²) in [6.45, 7) is 6.41. The predicted octanol–water partition coefficient (Wildman–Crippen LogP) is 4.50. The van der Waals surface area contributed by atoms with E-state index < -0.39 is 22.2 Å². The number of halogens is 3. The van der Waals surface area contributed by atoms with Crippen molar-refractivity contribution in [1.82, 2.24) is 0 Å². The highest BCUT2D eigenvalue weighted by Crippen LogP contribution is 2.35. The van der Waals surface area contributed by atoms with Crippen LogP contribution in [0.3, 0.4) is 0 Å². The average Bonchev–Trinajstić information content (AvgIpc) is 2.52. The maximum absolute atomic E-state index is 11.9. The van der Waals surface area contributed by atoms with E-state index in [1.807, 2.05) is 44.2 Å². The highest BCUT2D eigenvalue weighted by Gasteiger charge is 2.45. The Balaban J connectivity index is 2.10. The van der Waals surface area contributed by atoms with E-state index in [0.29, 0.717) is 6.61 Å². The third-order valence-corrected chi connectivity index (χ3v) is 4.91. The number of rotatable bonds is 4. The first-order chi connectivity index (χ1) is 11.2. The van der Waals surface area contributed by atoms with Gasteiger partial charge < -0.3 is 14.2 Å². The zero-order valence-electron chi connectivity index (χ0n) is 13.7. The second-order valence-corrected chi connectivity index (χ2v) is 8.37. The number of benzene rings is 1. The van der Waals surface area contributed by atoms with Crippen LogP contribution in [0.25, 0.3) is 0 Å². The van der Waals surface area contributed by atoms with E-state index in [1.165, 1.54) is 0 Å². The van der Waals surface area contributed by atoms with Crippen molar-refractivity contribution in [2.75, 3.05) is 0 Å². The van der Waals surface area contributed by atoms with E-state index in [-0.39, 0.29) is 17.9 Å². The van der Waals surface area contributed by atoms with Gasteiger partial charge in [0.2, 0.25) is 6.29 Å². The fourth-order valence-electron chi connectivity index (χ4n) is 2.65. The SMILES string of the molecule is CC1OC(OC(=O)C(Cl)(Cl)Cl)C(OCc2ccccc2)C(C)C1C. The maximum atomic E-state index is 11.9. The first kappa shape index (κ1) is 19.8. The van der Waals surface area contributed by atoms with Gasteiger partial charge in [-0.1, -0.05) is 79.0 Å². The van der Waals surface area contributed by atoms with E-state index in [2.05, 4.69) is 6.92 Å². The lowest BCUT2D eigenvalue weighted by Crippen LogP contribution is -2.52. The van der Waals surface area contributed by atoms with Crippen molar-refractivity contribution in [2.45, 2.75) is 49.7 Å². The Labute approximate surface area is 157 Å². The zero-order chi connectivity index (χ0) is 17.9. The second-order valence-electron chi connectivity index (χ2n) is 6.09. The molecule has 0 saturated carbocycles. The molecule has 1 fully saturated rings. The summed E-state index contributed by atoms with van der Waals surface area (Å²) in [6, 6.07) is 9.73. The van der Waals surface area contributed by atoms with Gasteiger partial charge in [0.1, 0.15) is 6.10 Å². The summed E-state index contributed by atoms with van der Waals surface area (Å²) in [4.78, 5) is 11.9. The number of hydrogen-bond donors (Lipinski definition) is 0. The normalized spacial score (nSPS) is 30.8. The first-order valence-electron chi connectivity index (χ1n) is 7.79. The standard InChI is InChI=1S/C17H21Cl3O4/c1-10-11(2)14(22-9-13-7-5-4-6-8-13)15(23-12(10)3)24-16(21)17(18,19)20/h4-8,10-12,14-15H,9H2,1-3H3. The molecule has 0 amide bonds. The topological polar surface area (TPSA) is 44.8 Å². The lowest BCUT2D eigenvalue weighted by atomic mass is 9.84. The number of esters is 1. The van der Waals surface area contributed by atoms with Crippen LogP contribution in [0.4, 0.5) is 0 Å². The third-order valence-electron chi connectivity index (χ3n) is 4.44. The summed E-state index contributed by atoms with van der Waals surface area (Å²) >= 11 is 16.8. The fourth-order valence-corrected chi connectivity index (χ4v) is 2.79. The van der Waals surface area contributed by atoms with Gasteiger partial charge in [-0.2, -0.15) is 0 Å². The van der Waals surface area contributed by atoms with E-state index in [1.54, 1.807) is 0 Å². The van der Waals surface area contributed by atoms with E-state index >= 15 is 0 Å². The van der Waals surface area contributed by atoms with Crippen molar-refractivity contribution < 1.29 is 19.0 Å². The molecule has 5 atom stereocenters. The monoisotopic (exact) mass is 394 g/mol. The number of carbonyl (C=O) groups is 1. The van der Waals surface area contributed by atoms with Crippen LogP contribution in [0.1, 0.15) is 26.3 Å². The number of hydrogen-bond acceptors (Lipinski definition) is 4. The highest BCUT2D eigenvalue weighted by atomic mass is 35.6. The largest absolute Gasteiger partial charge is 0.430 e. The molecule has 0 N–H and O–H groups in total. The van der Waals surface area contributed by atoms with Crippen molar-refractivity contribution in [3.05, 3.63) is 35.9 Å². The van der Waals surface area contributed by atoms with Crippen LogP contribution in [0.2, 0.25) is 0 Å². The molecule has 1 aliphatic rings. The molecule has 0 radical (unpaired) electrons. The third kappa shape index (κ3) is 4.99. The van der Waals surface area contributed by atoms with Crippen LogP contribution >= 0.6 is 34.8 Å². The molecule has 0 bridgehead atoms. The van der Waals surface area contributed by atoms with Crippen molar-refractivity contribution in [2.24, 2.45) is 11.8 Å². The van der Waals surface area contributed by atoms with Crippen LogP contribution in [-0.4, -0.2) is 28.3 Å². The molecule has 0 aliphatic carbocycles. The summed E-state index contributed by atoms with van der Waals surface area (Å²) in [5.41, 5.74) is 1.02. The molecule has 2 rings (SSSR count). The molecule has 0 aromatic heterocycles. The fraction of sp³-hybridized carbons (Fsp3) is 0.588. The van der Waals surface area contributed by atoms with Crippen molar-refractivity contribution in [3.63, 3.8) is 0 Å². The summed E-state index contributed by atoms with van der Waals surface area (Å²) in [5.74, 6) is -0.640. The molecule has 4 nitrogen and oxygen atoms in total. The van der Waals surface area contributed by atoms with Gasteiger partial charge in [-0.25, -0.2) is 4.79 Å². The molecule has 1 aromatic rings. The first-order valence-corrected chi connectivity index (χ1v) is 8.92. The van der Waals surface area contributed by atoms with Crippen LogP contribution in [0.15, 0.2) is 30.3 Å². The van der Waals surface area contributed by atoms with Gasteiger partial charge in [0, 0.05) is 0 Å². The zero-order valence-corrected chi connectivity index (χ0v) is 16.0. The average molecular weight is 396 g/mol. The van der Waals surface area contributed by atoms with Crippen LogP contribution < -0.4 is 0 Å². The summed E-state index contributed by atoms with van der Waals surface area (Å²) in [6.07, 6.45) is -1.48. The second kappa shape index (κ2) is 8.24. The molecule has 0 spiro atoms. The van der Waals surface area contributed by atoms with Gasteiger partial charge in [0.05, 0.1) is 12.7 Å². The molecule has 7 heteroatoms. The quantitative estimate of drug-likeness (QED) is 0.556. The molecule has 24 heavy (non-hydrogen) atoms. The van der Waals surface area contributed by atoms with Gasteiger partial charge in [-0.05, 0) is 24.3 Å². The minimum atomic E-state index is -2.15. The lowest BCUT2D eigenvalue weighted by molar-refractivity contribution is -0.270. The van der Waals surface area contributed by atoms with Crippen LogP contribution in [0, 0.1) is 11.8 Å². The summed E-state index contributed by atoms with van der Waals surface area (Å²) in [5, 5.41) is 0. The minimum absolute atomic E-state index is 0.102. The Morgan fingerprint density at radius 3 is 2.33 bits per heavy atom. The minimum Gasteiger partial charge on any atom is -0.430 e. The van der Waals surface area contributed by atoms with Gasteiger partial charge in [0.25, 0.3) is 3.79 Å². The van der Waals surface area contributed by atoms with Crippen LogP contribution in [0.5, 0.6) is 0 Å². The van der Waals surface area contributed by atoms with Crippen molar-refractivity contribution >= 4 is 40.8 Å². The number of alkyl halides is 3. The Morgan fingerprint density at radius 1 is 1.12 bits per heavy atom. The molecule has 5 unspecified atom stereocenters. The van der Waals surface area contributed by atoms with E-state index in [0.717, 1.165) is 5.56 Å². The van der Waals surface area contributed by atoms with Crippen molar-refractivity contribution in [3.8, 4) is 0 Å². The Morgan fingerprint density at radius 2 is 1.75 bits per heavy atom. The Bertz CT molecular complexity index is 547. The van der Waals surface area contributed by atoms with Gasteiger partial charge in [0.15, 0.2) is 0 Å². The molecule has 1 aliphatic heterocycles. The highest BCUT2D eigenvalue weighted by molar-refractivity contribution is 6.75. The summed E-state index contributed by atoms with van der Waals surface area (Å²) < 4.78 is 14.9. The Hall–Kier alpha value is -0.520. The van der Waals surface area contributed by atoms with E-state index in [9.17, 15) is 4.79 Å². The number of ether oxygens (including phenoxy) is 3. The van der Waals surface area contributed by atoms with Crippen molar-refractivity contribution in [1.29, 1.82) is 0 Å². The van der Waals surface area contributed by atoms with Gasteiger partial charge in [-0.3, -0.25) is 0 Å². The van der Waals surface area contributed by atoms with Crippen LogP contribution in [-0.2, 0) is 25.6 Å². The molecule has 1 saturated heterocycles. The Kier molecular flexibility index (Phi) is 6.80. The molecule has 134 valence electrons. The smallest absolute Gasteiger partial charge is 0.360 e. The summed E-state index contributed by atoms with van der Waals surface area (Å²) in [7, 11) is 0. The van der Waals surface area contributed by atoms with Gasteiger partial charge >= 0.3 is 5.97 Å². The predicted molar refractivity (Wildman–Crippen MR) is 94.1 cm³/mol. The van der Waals surface area contributed by atoms with E-state index in [4.69, 9.17) is 49.0 Å². The molecule has 1 heterocycles.